The second kappa shape index (κ2) is 5.57. The van der Waals surface area contributed by atoms with E-state index in [4.69, 9.17) is 9.84 Å². The lowest BCUT2D eigenvalue weighted by Gasteiger charge is -2.41. The number of carboxylic acids is 1. The van der Waals surface area contributed by atoms with Crippen molar-refractivity contribution < 1.29 is 19.0 Å². The van der Waals surface area contributed by atoms with E-state index in [1.165, 1.54) is 7.11 Å². The van der Waals surface area contributed by atoms with Crippen molar-refractivity contribution in [3.63, 3.8) is 0 Å². The van der Waals surface area contributed by atoms with Crippen molar-refractivity contribution >= 4 is 5.97 Å². The van der Waals surface area contributed by atoms with Gasteiger partial charge < -0.3 is 15.2 Å². The largest absolute Gasteiger partial charge is 0.494 e. The van der Waals surface area contributed by atoms with Gasteiger partial charge in [-0.05, 0) is 25.3 Å². The van der Waals surface area contributed by atoms with Crippen LogP contribution in [0.15, 0.2) is 18.2 Å². The summed E-state index contributed by atoms with van der Waals surface area (Å²) < 4.78 is 18.9. The number of carbonyl (C=O) groups is 1. The Morgan fingerprint density at radius 3 is 2.79 bits per heavy atom. The van der Waals surface area contributed by atoms with Crippen LogP contribution in [0.25, 0.3) is 0 Å². The van der Waals surface area contributed by atoms with Crippen molar-refractivity contribution in [1.29, 1.82) is 0 Å². The van der Waals surface area contributed by atoms with Crippen molar-refractivity contribution in [3.8, 4) is 5.75 Å². The zero-order valence-corrected chi connectivity index (χ0v) is 10.9. The minimum absolute atomic E-state index is 0.0819. The van der Waals surface area contributed by atoms with Gasteiger partial charge in [0.05, 0.1) is 13.5 Å². The maximum absolute atomic E-state index is 14.0. The number of halogens is 1. The molecule has 0 amide bonds. The molecule has 0 aromatic heterocycles. The second-order valence-corrected chi connectivity index (χ2v) is 4.99. The molecular weight excluding hydrogens is 249 g/mol. The van der Waals surface area contributed by atoms with E-state index in [9.17, 15) is 9.18 Å². The Balaban J connectivity index is 2.04. The molecule has 1 fully saturated rings. The van der Waals surface area contributed by atoms with E-state index in [2.05, 4.69) is 5.32 Å². The van der Waals surface area contributed by atoms with Gasteiger partial charge in [-0.15, -0.1) is 0 Å². The average molecular weight is 267 g/mol. The van der Waals surface area contributed by atoms with Gasteiger partial charge in [0, 0.05) is 17.6 Å². The van der Waals surface area contributed by atoms with Crippen LogP contribution in [0.4, 0.5) is 4.39 Å². The number of hydrogen-bond acceptors (Lipinski definition) is 3. The highest BCUT2D eigenvalue weighted by Gasteiger charge is 2.38. The van der Waals surface area contributed by atoms with Gasteiger partial charge in [-0.1, -0.05) is 12.1 Å². The number of carboxylic acid groups (broad SMARTS) is 1. The zero-order valence-electron chi connectivity index (χ0n) is 10.9. The molecule has 0 radical (unpaired) electrons. The highest BCUT2D eigenvalue weighted by atomic mass is 19.1. The molecule has 0 bridgehead atoms. The van der Waals surface area contributed by atoms with Crippen LogP contribution >= 0.6 is 0 Å². The van der Waals surface area contributed by atoms with Gasteiger partial charge in [-0.3, -0.25) is 4.79 Å². The lowest BCUT2D eigenvalue weighted by Crippen LogP contribution is -2.51. The molecule has 0 saturated heterocycles. The Bertz CT molecular complexity index is 472. The van der Waals surface area contributed by atoms with Crippen molar-refractivity contribution in [2.45, 2.75) is 37.8 Å². The fraction of sp³-hybridized carbons (Fsp3) is 0.500. The molecule has 1 aliphatic carbocycles. The monoisotopic (exact) mass is 267 g/mol. The summed E-state index contributed by atoms with van der Waals surface area (Å²) in [5.41, 5.74) is 0.123. The first-order valence-corrected chi connectivity index (χ1v) is 6.34. The molecule has 0 spiro atoms. The van der Waals surface area contributed by atoms with Crippen LogP contribution in [0.5, 0.6) is 5.75 Å². The first kappa shape index (κ1) is 13.8. The number of methoxy groups -OCH3 is 1. The molecule has 1 aromatic carbocycles. The molecule has 4 nitrogen and oxygen atoms in total. The topological polar surface area (TPSA) is 58.6 Å². The second-order valence-electron chi connectivity index (χ2n) is 4.99. The third kappa shape index (κ3) is 3.04. The number of ether oxygens (including phenoxy) is 1. The van der Waals surface area contributed by atoms with Gasteiger partial charge in [0.1, 0.15) is 0 Å². The number of aliphatic carboxylic acids is 1. The van der Waals surface area contributed by atoms with Crippen LogP contribution in [0.3, 0.4) is 0 Å². The molecule has 0 unspecified atom stereocenters. The molecule has 1 saturated carbocycles. The van der Waals surface area contributed by atoms with Gasteiger partial charge >= 0.3 is 5.97 Å². The van der Waals surface area contributed by atoms with Gasteiger partial charge in [-0.2, -0.15) is 0 Å². The molecule has 2 N–H and O–H groups in total. The predicted octanol–water partition coefficient (Wildman–Crippen LogP) is 2.32. The van der Waals surface area contributed by atoms with Crippen molar-refractivity contribution in [3.05, 3.63) is 29.6 Å². The third-order valence-corrected chi connectivity index (χ3v) is 3.72. The summed E-state index contributed by atoms with van der Waals surface area (Å²) in [6.07, 6.45) is 2.75. The molecule has 1 aromatic rings. The van der Waals surface area contributed by atoms with Crippen molar-refractivity contribution in [2.75, 3.05) is 7.11 Å². The van der Waals surface area contributed by atoms with E-state index in [1.54, 1.807) is 18.2 Å². The Hall–Kier alpha value is -1.62. The Kier molecular flexibility index (Phi) is 4.04. The summed E-state index contributed by atoms with van der Waals surface area (Å²) >= 11 is 0. The maximum Gasteiger partial charge on any atom is 0.305 e. The minimum Gasteiger partial charge on any atom is -0.494 e. The highest BCUT2D eigenvalue weighted by Crippen LogP contribution is 2.35. The molecule has 0 atom stereocenters. The molecule has 2 rings (SSSR count). The summed E-state index contributed by atoms with van der Waals surface area (Å²) in [4.78, 5) is 10.9. The third-order valence-electron chi connectivity index (χ3n) is 3.72. The zero-order chi connectivity index (χ0) is 13.9. The summed E-state index contributed by atoms with van der Waals surface area (Å²) in [5.74, 6) is -0.999. The lowest BCUT2D eigenvalue weighted by atomic mass is 9.74. The standard InChI is InChI=1S/C14H18FNO3/c1-19-11-5-2-4-10(13(11)15)9-16-14(6-3-7-14)8-12(17)18/h2,4-5,16H,3,6-9H2,1H3,(H,17,18). The van der Waals surface area contributed by atoms with Gasteiger partial charge in [0.25, 0.3) is 0 Å². The molecule has 1 aliphatic rings. The molecule has 0 heterocycles. The average Bonchev–Trinajstić information content (AvgIpc) is 2.33. The fourth-order valence-corrected chi connectivity index (χ4v) is 2.44. The Morgan fingerprint density at radius 2 is 2.26 bits per heavy atom. The smallest absolute Gasteiger partial charge is 0.305 e. The summed E-state index contributed by atoms with van der Waals surface area (Å²) in [7, 11) is 1.42. The number of nitrogens with one attached hydrogen (secondary N) is 1. The number of benzene rings is 1. The van der Waals surface area contributed by atoms with E-state index >= 15 is 0 Å². The van der Waals surface area contributed by atoms with E-state index in [0.29, 0.717) is 12.1 Å². The van der Waals surface area contributed by atoms with Crippen LogP contribution < -0.4 is 10.1 Å². The van der Waals surface area contributed by atoms with Crippen molar-refractivity contribution in [2.24, 2.45) is 0 Å². The predicted molar refractivity (Wildman–Crippen MR) is 68.6 cm³/mol. The normalized spacial score (nSPS) is 16.7. The summed E-state index contributed by atoms with van der Waals surface area (Å²) in [6, 6.07) is 4.97. The van der Waals surface area contributed by atoms with Crippen LogP contribution in [0.2, 0.25) is 0 Å². The minimum atomic E-state index is -0.821. The fourth-order valence-electron chi connectivity index (χ4n) is 2.44. The van der Waals surface area contributed by atoms with E-state index in [-0.39, 0.29) is 23.5 Å². The molecule has 5 heteroatoms. The van der Waals surface area contributed by atoms with E-state index in [1.807, 2.05) is 0 Å². The molecular formula is C14H18FNO3. The van der Waals surface area contributed by atoms with Crippen molar-refractivity contribution in [1.82, 2.24) is 5.32 Å². The SMILES string of the molecule is COc1cccc(CNC2(CC(=O)O)CCC2)c1F. The first-order chi connectivity index (χ1) is 9.06. The van der Waals surface area contributed by atoms with Crippen LogP contribution in [0, 0.1) is 5.82 Å². The summed E-state index contributed by atoms with van der Waals surface area (Å²) in [6.45, 7) is 0.316. The van der Waals surface area contributed by atoms with Gasteiger partial charge in [-0.25, -0.2) is 4.39 Å². The van der Waals surface area contributed by atoms with E-state index in [0.717, 1.165) is 19.3 Å². The quantitative estimate of drug-likeness (QED) is 0.830. The molecule has 104 valence electrons. The highest BCUT2D eigenvalue weighted by molar-refractivity contribution is 5.68. The number of hydrogen-bond donors (Lipinski definition) is 2. The lowest BCUT2D eigenvalue weighted by molar-refractivity contribution is -0.139. The van der Waals surface area contributed by atoms with Crippen LogP contribution in [0.1, 0.15) is 31.2 Å². The van der Waals surface area contributed by atoms with E-state index < -0.39 is 5.97 Å². The maximum atomic E-state index is 14.0. The molecule has 19 heavy (non-hydrogen) atoms. The Labute approximate surface area is 111 Å². The Morgan fingerprint density at radius 1 is 1.53 bits per heavy atom. The van der Waals surface area contributed by atoms with Crippen LogP contribution in [-0.4, -0.2) is 23.7 Å². The van der Waals surface area contributed by atoms with Crippen LogP contribution in [-0.2, 0) is 11.3 Å². The van der Waals surface area contributed by atoms with Gasteiger partial charge in [0.15, 0.2) is 11.6 Å². The summed E-state index contributed by atoms with van der Waals surface area (Å²) in [5, 5.41) is 12.1. The first-order valence-electron chi connectivity index (χ1n) is 6.34. The molecule has 0 aliphatic heterocycles. The number of rotatable bonds is 6. The van der Waals surface area contributed by atoms with Gasteiger partial charge in [0.2, 0.25) is 0 Å².